The lowest BCUT2D eigenvalue weighted by Gasteiger charge is -1.90. The summed E-state index contributed by atoms with van der Waals surface area (Å²) in [6, 6.07) is 9.71. The number of hydrogen-bond donors (Lipinski definition) is 0. The van der Waals surface area contributed by atoms with E-state index in [1.807, 2.05) is 30.3 Å². The van der Waals surface area contributed by atoms with Crippen LogP contribution in [0.4, 0.5) is 0 Å². The molecule has 0 N–H and O–H groups in total. The Balaban J connectivity index is 1.99. The summed E-state index contributed by atoms with van der Waals surface area (Å²) in [6.07, 6.45) is 1.71. The standard InChI is InChI=1S/C11H6BrN3OS/c12-11-13-6-8(17-11)10-14-9(15-16-10)7-4-2-1-3-5-7/h1-6H. The Bertz CT molecular complexity index is 635. The number of nitrogens with zero attached hydrogens (tertiary/aromatic N) is 3. The van der Waals surface area contributed by atoms with Gasteiger partial charge in [-0.1, -0.05) is 35.5 Å². The van der Waals surface area contributed by atoms with E-state index in [0.717, 1.165) is 14.4 Å². The van der Waals surface area contributed by atoms with Gasteiger partial charge in [0.15, 0.2) is 3.92 Å². The molecule has 84 valence electrons. The normalized spacial score (nSPS) is 10.6. The molecule has 2 heterocycles. The molecule has 1 aromatic carbocycles. The number of benzene rings is 1. The highest BCUT2D eigenvalue weighted by molar-refractivity contribution is 9.11. The average molecular weight is 308 g/mol. The van der Waals surface area contributed by atoms with Gasteiger partial charge in [-0.15, -0.1) is 11.3 Å². The molecule has 0 bridgehead atoms. The van der Waals surface area contributed by atoms with Gasteiger partial charge in [0.05, 0.1) is 6.20 Å². The summed E-state index contributed by atoms with van der Waals surface area (Å²) in [5.41, 5.74) is 0.936. The van der Waals surface area contributed by atoms with Crippen LogP contribution in [0.5, 0.6) is 0 Å². The highest BCUT2D eigenvalue weighted by Gasteiger charge is 2.12. The molecule has 0 spiro atoms. The molecule has 0 amide bonds. The van der Waals surface area contributed by atoms with Crippen LogP contribution in [-0.4, -0.2) is 15.1 Å². The van der Waals surface area contributed by atoms with E-state index < -0.39 is 0 Å². The van der Waals surface area contributed by atoms with Crippen LogP contribution in [0.15, 0.2) is 45.0 Å². The van der Waals surface area contributed by atoms with Gasteiger partial charge in [-0.2, -0.15) is 4.98 Å². The molecule has 17 heavy (non-hydrogen) atoms. The van der Waals surface area contributed by atoms with Crippen LogP contribution in [0.1, 0.15) is 0 Å². The van der Waals surface area contributed by atoms with Gasteiger partial charge in [0.1, 0.15) is 4.88 Å². The zero-order valence-electron chi connectivity index (χ0n) is 8.50. The summed E-state index contributed by atoms with van der Waals surface area (Å²) in [5.74, 6) is 1.08. The van der Waals surface area contributed by atoms with E-state index in [9.17, 15) is 0 Å². The Morgan fingerprint density at radius 3 is 2.71 bits per heavy atom. The van der Waals surface area contributed by atoms with Crippen LogP contribution >= 0.6 is 27.3 Å². The Hall–Kier alpha value is -1.53. The van der Waals surface area contributed by atoms with E-state index in [-0.39, 0.29) is 0 Å². The largest absolute Gasteiger partial charge is 0.333 e. The fourth-order valence-corrected chi connectivity index (χ4v) is 2.57. The van der Waals surface area contributed by atoms with Crippen molar-refractivity contribution < 1.29 is 4.52 Å². The highest BCUT2D eigenvalue weighted by atomic mass is 79.9. The van der Waals surface area contributed by atoms with Crippen molar-refractivity contribution in [3.05, 3.63) is 40.4 Å². The number of hydrogen-bond acceptors (Lipinski definition) is 5. The maximum atomic E-state index is 5.21. The maximum absolute atomic E-state index is 5.21. The van der Waals surface area contributed by atoms with E-state index >= 15 is 0 Å². The molecule has 0 saturated carbocycles. The first-order valence-electron chi connectivity index (χ1n) is 4.84. The van der Waals surface area contributed by atoms with Gasteiger partial charge in [-0.05, 0) is 15.9 Å². The van der Waals surface area contributed by atoms with Crippen LogP contribution in [0.3, 0.4) is 0 Å². The van der Waals surface area contributed by atoms with Gasteiger partial charge >= 0.3 is 0 Å². The zero-order valence-corrected chi connectivity index (χ0v) is 10.9. The minimum atomic E-state index is 0.493. The lowest BCUT2D eigenvalue weighted by molar-refractivity contribution is 0.433. The molecular weight excluding hydrogens is 302 g/mol. The lowest BCUT2D eigenvalue weighted by atomic mass is 10.2. The molecule has 0 aliphatic heterocycles. The van der Waals surface area contributed by atoms with Crippen LogP contribution in [0.25, 0.3) is 22.2 Å². The Kier molecular flexibility index (Phi) is 2.74. The second kappa shape index (κ2) is 4.38. The van der Waals surface area contributed by atoms with Crippen molar-refractivity contribution in [2.75, 3.05) is 0 Å². The van der Waals surface area contributed by atoms with Crippen LogP contribution in [-0.2, 0) is 0 Å². The van der Waals surface area contributed by atoms with Crippen molar-refractivity contribution in [2.45, 2.75) is 0 Å². The second-order valence-electron chi connectivity index (χ2n) is 3.27. The lowest BCUT2D eigenvalue weighted by Crippen LogP contribution is -1.78. The summed E-state index contributed by atoms with van der Waals surface area (Å²) < 4.78 is 6.01. The average Bonchev–Trinajstić information content (AvgIpc) is 2.98. The molecular formula is C11H6BrN3OS. The zero-order chi connectivity index (χ0) is 11.7. The molecule has 6 heteroatoms. The molecule has 0 saturated heterocycles. The minimum absolute atomic E-state index is 0.493. The predicted molar refractivity (Wildman–Crippen MR) is 68.5 cm³/mol. The molecule has 0 unspecified atom stereocenters. The number of aromatic nitrogens is 3. The van der Waals surface area contributed by atoms with Gasteiger partial charge in [0, 0.05) is 5.56 Å². The summed E-state index contributed by atoms with van der Waals surface area (Å²) in [6.45, 7) is 0. The van der Waals surface area contributed by atoms with Gasteiger partial charge in [0.25, 0.3) is 5.89 Å². The summed E-state index contributed by atoms with van der Waals surface area (Å²) in [7, 11) is 0. The topological polar surface area (TPSA) is 51.8 Å². The van der Waals surface area contributed by atoms with Crippen molar-refractivity contribution in [3.63, 3.8) is 0 Å². The molecule has 3 aromatic rings. The number of halogens is 1. The van der Waals surface area contributed by atoms with E-state index in [1.165, 1.54) is 11.3 Å². The first kappa shape index (κ1) is 10.6. The summed E-state index contributed by atoms with van der Waals surface area (Å²) in [4.78, 5) is 9.27. The Labute approximate surface area is 109 Å². The highest BCUT2D eigenvalue weighted by Crippen LogP contribution is 2.28. The molecule has 0 atom stereocenters. The SMILES string of the molecule is Brc1ncc(-c2nc(-c3ccccc3)no2)s1. The Morgan fingerprint density at radius 2 is 2.00 bits per heavy atom. The van der Waals surface area contributed by atoms with Crippen LogP contribution in [0, 0.1) is 0 Å². The minimum Gasteiger partial charge on any atom is -0.333 e. The smallest absolute Gasteiger partial charge is 0.269 e. The summed E-state index contributed by atoms with van der Waals surface area (Å²) in [5, 5.41) is 3.95. The first-order chi connectivity index (χ1) is 8.33. The van der Waals surface area contributed by atoms with Gasteiger partial charge in [-0.25, -0.2) is 4.98 Å². The van der Waals surface area contributed by atoms with Crippen molar-refractivity contribution in [3.8, 4) is 22.2 Å². The molecule has 0 radical (unpaired) electrons. The molecule has 0 aliphatic carbocycles. The van der Waals surface area contributed by atoms with E-state index in [1.54, 1.807) is 6.20 Å². The monoisotopic (exact) mass is 307 g/mol. The van der Waals surface area contributed by atoms with Crippen molar-refractivity contribution in [1.82, 2.24) is 15.1 Å². The van der Waals surface area contributed by atoms with Gasteiger partial charge < -0.3 is 4.52 Å². The molecule has 4 nitrogen and oxygen atoms in total. The third-order valence-electron chi connectivity index (χ3n) is 2.15. The van der Waals surface area contributed by atoms with Crippen LogP contribution < -0.4 is 0 Å². The molecule has 0 fully saturated rings. The number of thiazole rings is 1. The van der Waals surface area contributed by atoms with Crippen molar-refractivity contribution in [1.29, 1.82) is 0 Å². The third kappa shape index (κ3) is 2.13. The fraction of sp³-hybridized carbons (Fsp3) is 0. The van der Waals surface area contributed by atoms with E-state index in [4.69, 9.17) is 4.52 Å². The summed E-state index contributed by atoms with van der Waals surface area (Å²) >= 11 is 4.76. The molecule has 0 aliphatic rings. The van der Waals surface area contributed by atoms with Gasteiger partial charge in [0.2, 0.25) is 5.82 Å². The quantitative estimate of drug-likeness (QED) is 0.725. The van der Waals surface area contributed by atoms with E-state index in [0.29, 0.717) is 11.7 Å². The number of rotatable bonds is 2. The molecule has 2 aromatic heterocycles. The Morgan fingerprint density at radius 1 is 1.18 bits per heavy atom. The second-order valence-corrected chi connectivity index (χ2v) is 5.57. The third-order valence-corrected chi connectivity index (χ3v) is 3.61. The molecule has 3 rings (SSSR count). The predicted octanol–water partition coefficient (Wildman–Crippen LogP) is 3.62. The van der Waals surface area contributed by atoms with Crippen LogP contribution in [0.2, 0.25) is 0 Å². The van der Waals surface area contributed by atoms with Crippen molar-refractivity contribution in [2.24, 2.45) is 0 Å². The fourth-order valence-electron chi connectivity index (χ4n) is 1.38. The van der Waals surface area contributed by atoms with Gasteiger partial charge in [-0.3, -0.25) is 0 Å². The van der Waals surface area contributed by atoms with Crippen molar-refractivity contribution >= 4 is 27.3 Å². The first-order valence-corrected chi connectivity index (χ1v) is 6.45. The van der Waals surface area contributed by atoms with E-state index in [2.05, 4.69) is 31.1 Å². The maximum Gasteiger partial charge on any atom is 0.269 e.